The molecule has 1 aliphatic rings. The third kappa shape index (κ3) is 5.06. The van der Waals surface area contributed by atoms with Crippen molar-refractivity contribution >= 4 is 11.8 Å². The Morgan fingerprint density at radius 3 is 2.61 bits per heavy atom. The van der Waals surface area contributed by atoms with Crippen LogP contribution in [0.4, 0.5) is 0 Å². The Hall–Kier alpha value is -1.88. The fraction of sp³-hybridized carbons (Fsp3) is 0.556. The predicted molar refractivity (Wildman–Crippen MR) is 90.3 cm³/mol. The van der Waals surface area contributed by atoms with Crippen LogP contribution < -0.4 is 10.2 Å². The van der Waals surface area contributed by atoms with E-state index in [0.29, 0.717) is 18.0 Å². The third-order valence-corrected chi connectivity index (χ3v) is 4.41. The first-order chi connectivity index (χ1) is 11.0. The number of quaternary nitrogens is 1. The first kappa shape index (κ1) is 17.5. The SMILES string of the molecule is CNC(=O)c1ccc(C[NH+](C)CC(=O)N2CCC[C@@H](C)C2)cc1. The lowest BCUT2D eigenvalue weighted by atomic mass is 10.0. The number of likely N-dealkylation sites (N-methyl/N-ethyl adjacent to an activating group) is 1. The molecule has 0 aliphatic carbocycles. The van der Waals surface area contributed by atoms with E-state index in [0.717, 1.165) is 31.6 Å². The van der Waals surface area contributed by atoms with Gasteiger partial charge in [-0.15, -0.1) is 0 Å². The highest BCUT2D eigenvalue weighted by molar-refractivity contribution is 5.93. The van der Waals surface area contributed by atoms with Gasteiger partial charge in [0.05, 0.1) is 7.05 Å². The normalized spacial score (nSPS) is 19.3. The second-order valence-electron chi connectivity index (χ2n) is 6.67. The molecule has 1 saturated heterocycles. The van der Waals surface area contributed by atoms with Gasteiger partial charge >= 0.3 is 0 Å². The molecule has 0 aromatic heterocycles. The Balaban J connectivity index is 1.85. The Kier molecular flexibility index (Phi) is 6.16. The lowest BCUT2D eigenvalue weighted by Crippen LogP contribution is -3.08. The number of nitrogens with one attached hydrogen (secondary N) is 2. The van der Waals surface area contributed by atoms with E-state index in [1.54, 1.807) is 7.05 Å². The largest absolute Gasteiger partial charge is 0.355 e. The second-order valence-corrected chi connectivity index (χ2v) is 6.67. The van der Waals surface area contributed by atoms with Crippen LogP contribution >= 0.6 is 0 Å². The summed E-state index contributed by atoms with van der Waals surface area (Å²) in [7, 11) is 3.67. The molecule has 1 aromatic rings. The monoisotopic (exact) mass is 318 g/mol. The maximum Gasteiger partial charge on any atom is 0.277 e. The van der Waals surface area contributed by atoms with Crippen molar-refractivity contribution in [2.24, 2.45) is 5.92 Å². The summed E-state index contributed by atoms with van der Waals surface area (Å²) in [5.74, 6) is 0.785. The average molecular weight is 318 g/mol. The van der Waals surface area contributed by atoms with Gasteiger partial charge in [-0.2, -0.15) is 0 Å². The van der Waals surface area contributed by atoms with E-state index >= 15 is 0 Å². The second kappa shape index (κ2) is 8.11. The number of nitrogens with zero attached hydrogens (tertiary/aromatic N) is 1. The van der Waals surface area contributed by atoms with Gasteiger partial charge in [0.25, 0.3) is 11.8 Å². The van der Waals surface area contributed by atoms with Crippen LogP contribution in [0.25, 0.3) is 0 Å². The molecule has 1 aliphatic heterocycles. The molecule has 1 unspecified atom stereocenters. The Bertz CT molecular complexity index is 542. The van der Waals surface area contributed by atoms with Crippen LogP contribution in [0, 0.1) is 5.92 Å². The zero-order valence-corrected chi connectivity index (χ0v) is 14.4. The topological polar surface area (TPSA) is 53.9 Å². The van der Waals surface area contributed by atoms with Crippen LogP contribution in [-0.4, -0.2) is 50.4 Å². The van der Waals surface area contributed by atoms with Crippen LogP contribution in [-0.2, 0) is 11.3 Å². The molecule has 2 rings (SSSR count). The predicted octanol–water partition coefficient (Wildman–Crippen LogP) is 0.319. The van der Waals surface area contributed by atoms with Crippen LogP contribution in [0.1, 0.15) is 35.7 Å². The molecule has 0 bridgehead atoms. The number of amides is 2. The van der Waals surface area contributed by atoms with Crippen LogP contribution in [0.15, 0.2) is 24.3 Å². The third-order valence-electron chi connectivity index (χ3n) is 4.41. The molecule has 126 valence electrons. The molecular weight excluding hydrogens is 290 g/mol. The van der Waals surface area contributed by atoms with Crippen molar-refractivity contribution < 1.29 is 14.5 Å². The summed E-state index contributed by atoms with van der Waals surface area (Å²) in [6.07, 6.45) is 2.34. The van der Waals surface area contributed by atoms with E-state index in [4.69, 9.17) is 0 Å². The fourth-order valence-corrected chi connectivity index (χ4v) is 3.12. The van der Waals surface area contributed by atoms with Gasteiger partial charge in [0.15, 0.2) is 6.54 Å². The average Bonchev–Trinajstić information content (AvgIpc) is 2.54. The minimum Gasteiger partial charge on any atom is -0.355 e. The number of piperidine rings is 1. The molecule has 23 heavy (non-hydrogen) atoms. The number of carbonyl (C=O) groups excluding carboxylic acids is 2. The van der Waals surface area contributed by atoms with Gasteiger partial charge in [-0.05, 0) is 30.9 Å². The lowest BCUT2D eigenvalue weighted by Gasteiger charge is -2.31. The standard InChI is InChI=1S/C18H27N3O2/c1-14-5-4-10-21(11-14)17(22)13-20(3)12-15-6-8-16(9-7-15)18(23)19-2/h6-9,14H,4-5,10-13H2,1-3H3,(H,19,23)/p+1/t14-/m1/s1. The van der Waals surface area contributed by atoms with Crippen LogP contribution in [0.5, 0.6) is 0 Å². The molecular formula is C18H28N3O2+. The minimum atomic E-state index is -0.0772. The first-order valence-electron chi connectivity index (χ1n) is 8.39. The van der Waals surface area contributed by atoms with Crippen LogP contribution in [0.3, 0.4) is 0 Å². The summed E-state index contributed by atoms with van der Waals surface area (Å²) in [6.45, 7) is 5.31. The molecule has 2 amide bonds. The minimum absolute atomic E-state index is 0.0772. The van der Waals surface area contributed by atoms with E-state index in [2.05, 4.69) is 12.2 Å². The highest BCUT2D eigenvalue weighted by Crippen LogP contribution is 2.14. The van der Waals surface area contributed by atoms with Gasteiger partial charge in [0, 0.05) is 31.3 Å². The molecule has 1 aromatic carbocycles. The molecule has 0 saturated carbocycles. The number of rotatable bonds is 5. The highest BCUT2D eigenvalue weighted by atomic mass is 16.2. The molecule has 0 radical (unpaired) electrons. The number of carbonyl (C=O) groups is 2. The van der Waals surface area contributed by atoms with E-state index < -0.39 is 0 Å². The number of hydrogen-bond donors (Lipinski definition) is 2. The quantitative estimate of drug-likeness (QED) is 0.821. The zero-order chi connectivity index (χ0) is 16.8. The molecule has 0 spiro atoms. The molecule has 1 heterocycles. The summed E-state index contributed by atoms with van der Waals surface area (Å²) in [4.78, 5) is 27.1. The summed E-state index contributed by atoms with van der Waals surface area (Å²) in [6, 6.07) is 7.58. The first-order valence-corrected chi connectivity index (χ1v) is 8.39. The van der Waals surface area contributed by atoms with Gasteiger partial charge < -0.3 is 15.1 Å². The zero-order valence-electron chi connectivity index (χ0n) is 14.4. The maximum absolute atomic E-state index is 12.4. The Labute approximate surface area is 138 Å². The van der Waals surface area contributed by atoms with Gasteiger partial charge in [0.2, 0.25) is 0 Å². The van der Waals surface area contributed by atoms with Crippen molar-refractivity contribution in [2.75, 3.05) is 33.7 Å². The van der Waals surface area contributed by atoms with Crippen molar-refractivity contribution in [3.63, 3.8) is 0 Å². The summed E-state index contributed by atoms with van der Waals surface area (Å²) in [5, 5.41) is 2.61. The van der Waals surface area contributed by atoms with Crippen molar-refractivity contribution in [1.82, 2.24) is 10.2 Å². The maximum atomic E-state index is 12.4. The van der Waals surface area contributed by atoms with E-state index in [1.807, 2.05) is 36.2 Å². The molecule has 2 atom stereocenters. The Morgan fingerprint density at radius 2 is 2.00 bits per heavy atom. The number of likely N-dealkylation sites (tertiary alicyclic amines) is 1. The van der Waals surface area contributed by atoms with Gasteiger partial charge in [-0.1, -0.05) is 19.1 Å². The van der Waals surface area contributed by atoms with Gasteiger partial charge in [-0.3, -0.25) is 9.59 Å². The lowest BCUT2D eigenvalue weighted by molar-refractivity contribution is -0.885. The molecule has 1 fully saturated rings. The van der Waals surface area contributed by atoms with Crippen molar-refractivity contribution in [3.05, 3.63) is 35.4 Å². The number of hydrogen-bond acceptors (Lipinski definition) is 2. The van der Waals surface area contributed by atoms with Crippen LogP contribution in [0.2, 0.25) is 0 Å². The van der Waals surface area contributed by atoms with E-state index in [1.165, 1.54) is 11.3 Å². The van der Waals surface area contributed by atoms with E-state index in [-0.39, 0.29) is 11.8 Å². The Morgan fingerprint density at radius 1 is 1.30 bits per heavy atom. The fourth-order valence-electron chi connectivity index (χ4n) is 3.12. The molecule has 5 nitrogen and oxygen atoms in total. The highest BCUT2D eigenvalue weighted by Gasteiger charge is 2.23. The molecule has 2 N–H and O–H groups in total. The molecule has 5 heteroatoms. The summed E-state index contributed by atoms with van der Waals surface area (Å²) >= 11 is 0. The number of benzene rings is 1. The van der Waals surface area contributed by atoms with Crippen molar-refractivity contribution in [2.45, 2.75) is 26.3 Å². The van der Waals surface area contributed by atoms with Gasteiger partial charge in [-0.25, -0.2) is 0 Å². The van der Waals surface area contributed by atoms with Gasteiger partial charge in [0.1, 0.15) is 6.54 Å². The van der Waals surface area contributed by atoms with Crippen molar-refractivity contribution in [1.29, 1.82) is 0 Å². The summed E-state index contributed by atoms with van der Waals surface area (Å²) in [5.41, 5.74) is 1.79. The van der Waals surface area contributed by atoms with Crippen molar-refractivity contribution in [3.8, 4) is 0 Å². The summed E-state index contributed by atoms with van der Waals surface area (Å²) < 4.78 is 0. The van der Waals surface area contributed by atoms with E-state index in [9.17, 15) is 9.59 Å². The smallest absolute Gasteiger partial charge is 0.277 e.